The molecule has 28 heavy (non-hydrogen) atoms. The summed E-state index contributed by atoms with van der Waals surface area (Å²) < 4.78 is 0. The third-order valence-electron chi connectivity index (χ3n) is 5.21. The summed E-state index contributed by atoms with van der Waals surface area (Å²) in [6.45, 7) is 12.3. The summed E-state index contributed by atoms with van der Waals surface area (Å²) in [5.41, 5.74) is 0. The minimum Gasteiger partial charge on any atom is -0.343 e. The smallest absolute Gasteiger partial charge is 0.343 e. The molecule has 0 N–H and O–H groups in total. The van der Waals surface area contributed by atoms with Crippen LogP contribution in [0.4, 0.5) is 0 Å². The Morgan fingerprint density at radius 2 is 0.536 bits per heavy atom. The molecule has 0 amide bonds. The summed E-state index contributed by atoms with van der Waals surface area (Å²) in [5.74, 6) is 0. The number of hydrogen-bond acceptors (Lipinski definition) is 0. The summed E-state index contributed by atoms with van der Waals surface area (Å²) in [5, 5.41) is 0. The van der Waals surface area contributed by atoms with Crippen molar-refractivity contribution in [2.24, 2.45) is 0 Å². The van der Waals surface area contributed by atoms with E-state index < -0.39 is 0 Å². The van der Waals surface area contributed by atoms with Crippen molar-refractivity contribution in [3.63, 3.8) is 0 Å². The van der Waals surface area contributed by atoms with E-state index in [9.17, 15) is 0 Å². The molecular weight excluding hydrogens is 383 g/mol. The van der Waals surface area contributed by atoms with Crippen LogP contribution in [0.25, 0.3) is 0 Å². The van der Waals surface area contributed by atoms with E-state index in [1.54, 1.807) is 0 Å². The van der Waals surface area contributed by atoms with Crippen molar-refractivity contribution in [3.8, 4) is 0 Å². The predicted molar refractivity (Wildman–Crippen MR) is 124 cm³/mol. The van der Waals surface area contributed by atoms with Gasteiger partial charge in [0.05, 0.1) is 0 Å². The van der Waals surface area contributed by atoms with Crippen LogP contribution in [0.2, 0.25) is 0 Å². The van der Waals surface area contributed by atoms with Crippen LogP contribution in [0.5, 0.6) is 0 Å². The Labute approximate surface area is 204 Å². The summed E-state index contributed by atoms with van der Waals surface area (Å²) in [7, 11) is 0. The van der Waals surface area contributed by atoms with Crippen molar-refractivity contribution in [2.45, 2.75) is 155 Å². The summed E-state index contributed by atoms with van der Waals surface area (Å²) in [4.78, 5) is 0. The summed E-state index contributed by atoms with van der Waals surface area (Å²) in [6, 6.07) is 0. The van der Waals surface area contributed by atoms with Gasteiger partial charge in [0.2, 0.25) is 0 Å². The monoisotopic (exact) mass is 436 g/mol. The van der Waals surface area contributed by atoms with Crippen LogP contribution in [0.3, 0.4) is 0 Å². The van der Waals surface area contributed by atoms with Crippen molar-refractivity contribution in [1.29, 1.82) is 0 Å². The van der Waals surface area contributed by atoms with Gasteiger partial charge in [-0.25, -0.2) is 0 Å². The van der Waals surface area contributed by atoms with E-state index in [1.165, 1.54) is 128 Å². The Hall–Kier alpha value is 1.12. The molecule has 0 aromatic heterocycles. The second-order valence-corrected chi connectivity index (χ2v) is 8.07. The predicted octanol–water partition coefficient (Wildman–Crippen LogP) is 7.26. The molecule has 0 fully saturated rings. The molecule has 170 valence electrons. The van der Waals surface area contributed by atoms with E-state index in [2.05, 4.69) is 27.7 Å². The van der Waals surface area contributed by atoms with Crippen LogP contribution < -0.4 is 18.9 Å². The molecule has 0 radical (unpaired) electrons. The van der Waals surface area contributed by atoms with Gasteiger partial charge in [-0.15, -0.1) is 0 Å². The van der Waals surface area contributed by atoms with Crippen molar-refractivity contribution in [1.82, 2.24) is 0 Å². The Bertz CT molecular complexity index is 167. The number of hydrogen-bond donors (Lipinski definition) is 0. The average molecular weight is 437 g/mol. The van der Waals surface area contributed by atoms with E-state index >= 15 is 0 Å². The zero-order valence-corrected chi connectivity index (χ0v) is 21.2. The fraction of sp³-hybridized carbons (Fsp3) is 0.923. The molecule has 0 bridgehead atoms. The van der Waals surface area contributed by atoms with Crippen LogP contribution in [0, 0.1) is 13.8 Å². The van der Waals surface area contributed by atoms with Crippen LogP contribution >= 0.6 is 0 Å². The standard InChI is InChI=1S/2C13H27.Cu.Li/c2*1-3-5-7-9-11-13-12-10-8-6-4-2;;/h2*1,3-13H2,2H3;;/q2*-1;2*+1. The van der Waals surface area contributed by atoms with Crippen LogP contribution in [-0.2, 0) is 17.1 Å². The van der Waals surface area contributed by atoms with E-state index in [-0.39, 0.29) is 35.9 Å². The maximum Gasteiger partial charge on any atom is 1.00 e. The molecule has 0 aliphatic carbocycles. The van der Waals surface area contributed by atoms with Gasteiger partial charge in [0.25, 0.3) is 0 Å². The van der Waals surface area contributed by atoms with Crippen molar-refractivity contribution in [3.05, 3.63) is 13.8 Å². The number of rotatable bonds is 20. The fourth-order valence-corrected chi connectivity index (χ4v) is 3.33. The molecule has 0 heterocycles. The molecule has 0 aromatic rings. The van der Waals surface area contributed by atoms with Gasteiger partial charge in [-0.05, 0) is 0 Å². The second-order valence-electron chi connectivity index (χ2n) is 8.07. The summed E-state index contributed by atoms with van der Waals surface area (Å²) >= 11 is 0. The number of unbranched alkanes of at least 4 members (excludes halogenated alkanes) is 20. The third-order valence-corrected chi connectivity index (χ3v) is 5.21. The quantitative estimate of drug-likeness (QED) is 0.107. The molecule has 0 spiro atoms. The van der Waals surface area contributed by atoms with Crippen LogP contribution in [-0.4, -0.2) is 0 Å². The Balaban J connectivity index is -0.000000192. The first-order valence-corrected chi connectivity index (χ1v) is 12.4. The molecule has 0 aliphatic rings. The minimum atomic E-state index is 0. The van der Waals surface area contributed by atoms with Gasteiger partial charge in [-0.1, -0.05) is 142 Å². The Kier molecular flexibility index (Phi) is 50.4. The minimum absolute atomic E-state index is 0. The second kappa shape index (κ2) is 38.7. The zero-order valence-electron chi connectivity index (χ0n) is 20.3. The van der Waals surface area contributed by atoms with Gasteiger partial charge < -0.3 is 13.8 Å². The first kappa shape index (κ1) is 36.5. The molecule has 0 rings (SSSR count). The Morgan fingerprint density at radius 1 is 0.357 bits per heavy atom. The van der Waals surface area contributed by atoms with E-state index in [0.717, 1.165) is 12.8 Å². The first-order valence-electron chi connectivity index (χ1n) is 12.4. The Morgan fingerprint density at radius 3 is 0.714 bits per heavy atom. The first-order chi connectivity index (χ1) is 12.8. The SMILES string of the molecule is [CH2-]CCCCCCCCCCCC.[CH2-]CCCCCCCCCCCC.[Cu+].[Li+]. The van der Waals surface area contributed by atoms with Gasteiger partial charge in [0.1, 0.15) is 0 Å². The summed E-state index contributed by atoms with van der Waals surface area (Å²) in [6.07, 6.45) is 30.7. The zero-order chi connectivity index (χ0) is 19.6. The van der Waals surface area contributed by atoms with Crippen molar-refractivity contribution in [2.75, 3.05) is 0 Å². The molecule has 0 saturated heterocycles. The van der Waals surface area contributed by atoms with E-state index in [4.69, 9.17) is 0 Å². The largest absolute Gasteiger partial charge is 1.00 e. The van der Waals surface area contributed by atoms with Crippen molar-refractivity contribution < 1.29 is 35.9 Å². The fourth-order valence-electron chi connectivity index (χ4n) is 3.33. The van der Waals surface area contributed by atoms with Gasteiger partial charge in [-0.2, -0.15) is 12.8 Å². The van der Waals surface area contributed by atoms with Gasteiger partial charge >= 0.3 is 35.9 Å². The molecule has 0 saturated carbocycles. The van der Waals surface area contributed by atoms with Gasteiger partial charge in [0.15, 0.2) is 0 Å². The maximum absolute atomic E-state index is 3.85. The van der Waals surface area contributed by atoms with Gasteiger partial charge in [-0.3, -0.25) is 0 Å². The molecule has 0 atom stereocenters. The topological polar surface area (TPSA) is 0 Å². The molecule has 0 unspecified atom stereocenters. The normalized spacial score (nSPS) is 9.86. The van der Waals surface area contributed by atoms with Crippen molar-refractivity contribution >= 4 is 0 Å². The maximum atomic E-state index is 3.85. The molecule has 0 nitrogen and oxygen atoms in total. The molecular formula is C26H54CuLi. The van der Waals surface area contributed by atoms with Crippen LogP contribution in [0.1, 0.15) is 155 Å². The van der Waals surface area contributed by atoms with E-state index in [0.29, 0.717) is 0 Å². The van der Waals surface area contributed by atoms with E-state index in [1.807, 2.05) is 0 Å². The van der Waals surface area contributed by atoms with Crippen LogP contribution in [0.15, 0.2) is 0 Å². The third kappa shape index (κ3) is 41.5. The molecule has 2 heteroatoms. The molecule has 0 aliphatic heterocycles. The average Bonchev–Trinajstić information content (AvgIpc) is 2.66. The molecule has 0 aromatic carbocycles. The van der Waals surface area contributed by atoms with Gasteiger partial charge in [0, 0.05) is 0 Å².